The zero-order valence-electron chi connectivity index (χ0n) is 25.6. The van der Waals surface area contributed by atoms with E-state index in [1.54, 1.807) is 26.3 Å². The van der Waals surface area contributed by atoms with Crippen molar-refractivity contribution in [2.75, 3.05) is 33.3 Å². The van der Waals surface area contributed by atoms with E-state index in [9.17, 15) is 14.7 Å². The number of hydrogen-bond acceptors (Lipinski definition) is 7. The summed E-state index contributed by atoms with van der Waals surface area (Å²) in [5.74, 6) is 0.472. The molecule has 2 rings (SSSR count). The summed E-state index contributed by atoms with van der Waals surface area (Å²) in [4.78, 5) is 24.3. The first-order chi connectivity index (χ1) is 19.5. The maximum absolute atomic E-state index is 11.6. The van der Waals surface area contributed by atoms with Crippen LogP contribution in [0.5, 0.6) is 5.75 Å². The van der Waals surface area contributed by atoms with E-state index in [1.165, 1.54) is 19.1 Å². The zero-order chi connectivity index (χ0) is 30.8. The van der Waals surface area contributed by atoms with E-state index in [4.69, 9.17) is 30.5 Å². The minimum Gasteiger partial charge on any atom is -0.495 e. The number of epoxide rings is 1. The Morgan fingerprint density at radius 2 is 1.98 bits per heavy atom. The van der Waals surface area contributed by atoms with Crippen LogP contribution in [0.25, 0.3) is 0 Å². The predicted molar refractivity (Wildman–Crippen MR) is 161 cm³/mol. The molecule has 1 aromatic carbocycles. The van der Waals surface area contributed by atoms with Crippen LogP contribution in [0.4, 0.5) is 5.69 Å². The van der Waals surface area contributed by atoms with Crippen LogP contribution in [0.1, 0.15) is 58.9 Å². The normalized spacial score (nSPS) is 22.5. The average Bonchev–Trinajstić information content (AvgIpc) is 3.68. The number of ether oxygens (including phenoxy) is 4. The van der Waals surface area contributed by atoms with Crippen LogP contribution in [-0.4, -0.2) is 75.9 Å². The first-order valence-electron chi connectivity index (χ1n) is 14.0. The van der Waals surface area contributed by atoms with Crippen molar-refractivity contribution in [1.29, 1.82) is 0 Å². The number of halogens is 1. The van der Waals surface area contributed by atoms with Gasteiger partial charge in [-0.05, 0) is 43.9 Å². The molecule has 0 radical (unpaired) electrons. The number of amides is 2. The Morgan fingerprint density at radius 3 is 2.51 bits per heavy atom. The fraction of sp³-hybridized carbons (Fsp3) is 0.613. The van der Waals surface area contributed by atoms with E-state index in [0.717, 1.165) is 30.4 Å². The summed E-state index contributed by atoms with van der Waals surface area (Å²) in [5, 5.41) is 14.5. The molecule has 0 aromatic heterocycles. The summed E-state index contributed by atoms with van der Waals surface area (Å²) in [5.41, 5.74) is 0.587. The number of benzene rings is 1. The number of carbonyl (C=O) groups is 2. The SMILES string of the molecule is CCC[C@]1(CC)O[C@@H]1[C@@H](C)C(C[C@](O)(NC=O)[C@H](/C=C/C=C(\C)Cc1cc(OC)c(Cl)c(N(C)C=O)c1)OC)OC. The summed E-state index contributed by atoms with van der Waals surface area (Å²) in [6.45, 7) is 8.28. The molecule has 1 fully saturated rings. The van der Waals surface area contributed by atoms with Crippen molar-refractivity contribution >= 4 is 30.1 Å². The summed E-state index contributed by atoms with van der Waals surface area (Å²) >= 11 is 6.38. The molecule has 1 unspecified atom stereocenters. The van der Waals surface area contributed by atoms with Crippen LogP contribution in [0.15, 0.2) is 35.9 Å². The molecule has 0 saturated carbocycles. The molecule has 1 heterocycles. The van der Waals surface area contributed by atoms with E-state index in [1.807, 2.05) is 25.1 Å². The molecule has 9 nitrogen and oxygen atoms in total. The van der Waals surface area contributed by atoms with Gasteiger partial charge in [0.1, 0.15) is 16.9 Å². The van der Waals surface area contributed by atoms with E-state index >= 15 is 0 Å². The molecule has 1 aliphatic rings. The van der Waals surface area contributed by atoms with Crippen LogP contribution in [-0.2, 0) is 30.2 Å². The number of aliphatic hydroxyl groups is 1. The Labute approximate surface area is 249 Å². The number of hydrogen-bond donors (Lipinski definition) is 2. The molecule has 1 saturated heterocycles. The van der Waals surface area contributed by atoms with E-state index in [2.05, 4.69) is 26.1 Å². The Balaban J connectivity index is 2.21. The Bertz CT molecular complexity index is 1080. The van der Waals surface area contributed by atoms with Crippen molar-refractivity contribution in [1.82, 2.24) is 5.32 Å². The third-order valence-electron chi connectivity index (χ3n) is 7.99. The highest BCUT2D eigenvalue weighted by atomic mass is 35.5. The van der Waals surface area contributed by atoms with Gasteiger partial charge in [0.05, 0.1) is 30.6 Å². The van der Waals surface area contributed by atoms with Crippen molar-refractivity contribution < 1.29 is 33.6 Å². The number of nitrogens with one attached hydrogen (secondary N) is 1. The minimum atomic E-state index is -1.71. The number of nitrogens with zero attached hydrogens (tertiary/aromatic N) is 1. The van der Waals surface area contributed by atoms with Crippen LogP contribution < -0.4 is 15.0 Å². The average molecular weight is 595 g/mol. The second-order valence-electron chi connectivity index (χ2n) is 10.8. The Kier molecular flexibility index (Phi) is 13.3. The van der Waals surface area contributed by atoms with Crippen molar-refractivity contribution in [2.24, 2.45) is 5.92 Å². The van der Waals surface area contributed by atoms with Gasteiger partial charge in [0.15, 0.2) is 5.72 Å². The lowest BCUT2D eigenvalue weighted by Crippen LogP contribution is -2.57. The smallest absolute Gasteiger partial charge is 0.213 e. The van der Waals surface area contributed by atoms with Gasteiger partial charge in [0.25, 0.3) is 0 Å². The number of methoxy groups -OCH3 is 3. The van der Waals surface area contributed by atoms with Gasteiger partial charge >= 0.3 is 0 Å². The van der Waals surface area contributed by atoms with Crippen LogP contribution in [0, 0.1) is 5.92 Å². The van der Waals surface area contributed by atoms with Gasteiger partial charge in [-0.1, -0.05) is 62.6 Å². The van der Waals surface area contributed by atoms with Crippen molar-refractivity contribution in [3.05, 3.63) is 46.5 Å². The molecule has 230 valence electrons. The van der Waals surface area contributed by atoms with E-state index < -0.39 is 11.8 Å². The maximum Gasteiger partial charge on any atom is 0.213 e. The molecule has 0 aliphatic carbocycles. The van der Waals surface area contributed by atoms with Crippen LogP contribution in [0.3, 0.4) is 0 Å². The molecular weight excluding hydrogens is 548 g/mol. The quantitative estimate of drug-likeness (QED) is 0.102. The molecule has 1 aliphatic heterocycles. The van der Waals surface area contributed by atoms with Gasteiger partial charge < -0.3 is 34.3 Å². The topological polar surface area (TPSA) is 110 Å². The minimum absolute atomic E-state index is 0.00498. The zero-order valence-corrected chi connectivity index (χ0v) is 26.4. The van der Waals surface area contributed by atoms with Crippen molar-refractivity contribution in [3.8, 4) is 5.75 Å². The second kappa shape index (κ2) is 15.7. The first-order valence-corrected chi connectivity index (χ1v) is 14.4. The fourth-order valence-corrected chi connectivity index (χ4v) is 5.89. The number of allylic oxidation sites excluding steroid dienone is 3. The molecule has 1 aromatic rings. The molecule has 0 bridgehead atoms. The summed E-state index contributed by atoms with van der Waals surface area (Å²) < 4.78 is 23.0. The van der Waals surface area contributed by atoms with Crippen LogP contribution in [0.2, 0.25) is 5.02 Å². The third-order valence-corrected chi connectivity index (χ3v) is 8.37. The Hall–Kier alpha value is -2.43. The predicted octanol–water partition coefficient (Wildman–Crippen LogP) is 4.82. The van der Waals surface area contributed by atoms with E-state index in [0.29, 0.717) is 35.7 Å². The fourth-order valence-electron chi connectivity index (χ4n) is 5.57. The summed E-state index contributed by atoms with van der Waals surface area (Å²) in [6.07, 6.45) is 8.91. The largest absolute Gasteiger partial charge is 0.495 e. The van der Waals surface area contributed by atoms with Gasteiger partial charge in [-0.25, -0.2) is 0 Å². The van der Waals surface area contributed by atoms with Crippen molar-refractivity contribution in [2.45, 2.75) is 89.4 Å². The maximum atomic E-state index is 11.6. The second-order valence-corrected chi connectivity index (χ2v) is 11.2. The number of rotatable bonds is 19. The monoisotopic (exact) mass is 594 g/mol. The van der Waals surface area contributed by atoms with Gasteiger partial charge in [-0.15, -0.1) is 0 Å². The first kappa shape index (κ1) is 34.8. The summed E-state index contributed by atoms with van der Waals surface area (Å²) in [6, 6.07) is 3.67. The molecule has 2 amide bonds. The third kappa shape index (κ3) is 8.55. The van der Waals surface area contributed by atoms with Gasteiger partial charge in [-0.3, -0.25) is 9.59 Å². The van der Waals surface area contributed by atoms with Gasteiger partial charge in [0.2, 0.25) is 12.8 Å². The lowest BCUT2D eigenvalue weighted by molar-refractivity contribution is -0.141. The molecular formula is C31H47ClN2O7. The Morgan fingerprint density at radius 1 is 1.27 bits per heavy atom. The highest BCUT2D eigenvalue weighted by Gasteiger charge is 2.58. The molecule has 10 heteroatoms. The summed E-state index contributed by atoms with van der Waals surface area (Å²) in [7, 11) is 6.23. The molecule has 2 N–H and O–H groups in total. The van der Waals surface area contributed by atoms with Gasteiger partial charge in [-0.2, -0.15) is 0 Å². The van der Waals surface area contributed by atoms with Gasteiger partial charge in [0, 0.05) is 33.6 Å². The van der Waals surface area contributed by atoms with Crippen LogP contribution >= 0.6 is 11.6 Å². The van der Waals surface area contributed by atoms with E-state index in [-0.39, 0.29) is 30.1 Å². The number of carbonyl (C=O) groups excluding carboxylic acids is 2. The molecule has 0 spiro atoms. The lowest BCUT2D eigenvalue weighted by atomic mass is 9.84. The standard InChI is InChI=1S/C31H47ClN2O7/c1-9-14-30(10-2)29(41-30)22(4)26(39-7)18-31(37,33-19-35)27(40-8)13-11-12-21(3)15-23-16-24(34(5)20-36)28(32)25(17-23)38-6/h11-13,16-17,19-20,22,26-27,29,37H,9-10,14-15,18H2,1-8H3,(H,33,35)/b13-11+,21-12+/t22-,26?,27-,29+,30-,31+/m0/s1. The molecule has 41 heavy (non-hydrogen) atoms. The highest BCUT2D eigenvalue weighted by molar-refractivity contribution is 6.35. The highest BCUT2D eigenvalue weighted by Crippen LogP contribution is 2.49. The molecule has 6 atom stereocenters. The number of anilines is 1. The van der Waals surface area contributed by atoms with Crippen molar-refractivity contribution in [3.63, 3.8) is 0 Å². The lowest BCUT2D eigenvalue weighted by Gasteiger charge is -2.37.